The van der Waals surface area contributed by atoms with Crippen molar-refractivity contribution in [3.8, 4) is 5.75 Å². The highest BCUT2D eigenvalue weighted by molar-refractivity contribution is 7.10. The number of carbonyl (C=O) groups is 1. The van der Waals surface area contributed by atoms with Gasteiger partial charge in [-0.25, -0.2) is 4.98 Å². The third-order valence-electron chi connectivity index (χ3n) is 5.09. The van der Waals surface area contributed by atoms with Gasteiger partial charge in [0.1, 0.15) is 12.4 Å². The lowest BCUT2D eigenvalue weighted by Gasteiger charge is -2.34. The van der Waals surface area contributed by atoms with Crippen LogP contribution < -0.4 is 4.74 Å². The lowest BCUT2D eigenvalue weighted by Crippen LogP contribution is -2.38. The highest BCUT2D eigenvalue weighted by Gasteiger charge is 2.29. The van der Waals surface area contributed by atoms with Crippen LogP contribution in [0.3, 0.4) is 0 Å². The van der Waals surface area contributed by atoms with E-state index < -0.39 is 0 Å². The van der Waals surface area contributed by atoms with Crippen LogP contribution in [0, 0.1) is 6.92 Å². The Hall–Kier alpha value is -2.44. The van der Waals surface area contributed by atoms with Crippen molar-refractivity contribution in [2.24, 2.45) is 0 Å². The van der Waals surface area contributed by atoms with Gasteiger partial charge in [-0.2, -0.15) is 0 Å². The molecular weight excluding hydrogens is 400 g/mol. The molecule has 4 nitrogen and oxygen atoms in total. The van der Waals surface area contributed by atoms with E-state index in [0.717, 1.165) is 41.4 Å². The molecule has 1 unspecified atom stereocenters. The molecule has 6 heteroatoms. The number of amides is 1. The zero-order valence-electron chi connectivity index (χ0n) is 16.6. The number of hydrogen-bond acceptors (Lipinski definition) is 5. The number of hydrogen-bond donors (Lipinski definition) is 0. The molecule has 0 radical (unpaired) electrons. The third-order valence-corrected chi connectivity index (χ3v) is 6.91. The molecule has 0 fully saturated rings. The summed E-state index contributed by atoms with van der Waals surface area (Å²) in [7, 11) is 0. The summed E-state index contributed by atoms with van der Waals surface area (Å²) in [5.74, 6) is 0.843. The first-order valence-electron chi connectivity index (χ1n) is 9.83. The molecule has 1 amide bonds. The maximum absolute atomic E-state index is 12.9. The monoisotopic (exact) mass is 424 g/mol. The van der Waals surface area contributed by atoms with Gasteiger partial charge >= 0.3 is 0 Å². The molecule has 0 bridgehead atoms. The first-order chi connectivity index (χ1) is 14.1. The van der Waals surface area contributed by atoms with Gasteiger partial charge in [-0.3, -0.25) is 4.79 Å². The molecule has 1 aliphatic heterocycles. The van der Waals surface area contributed by atoms with Crippen molar-refractivity contribution in [2.75, 3.05) is 6.54 Å². The fraction of sp³-hybridized carbons (Fsp3) is 0.304. The minimum absolute atomic E-state index is 0.0676. The Morgan fingerprint density at radius 2 is 2.24 bits per heavy atom. The number of nitrogens with zero attached hydrogens (tertiary/aromatic N) is 2. The minimum atomic E-state index is 0.0676. The molecule has 0 saturated heterocycles. The Labute approximate surface area is 179 Å². The van der Waals surface area contributed by atoms with Crippen LogP contribution >= 0.6 is 22.7 Å². The number of aryl methyl sites for hydroxylation is 1. The van der Waals surface area contributed by atoms with Gasteiger partial charge in [0.05, 0.1) is 16.7 Å². The van der Waals surface area contributed by atoms with Gasteiger partial charge in [-0.05, 0) is 60.5 Å². The smallest absolute Gasteiger partial charge is 0.247 e. The average Bonchev–Trinajstić information content (AvgIpc) is 3.38. The number of benzene rings is 1. The van der Waals surface area contributed by atoms with Gasteiger partial charge in [-0.15, -0.1) is 22.7 Å². The molecule has 1 aliphatic rings. The summed E-state index contributed by atoms with van der Waals surface area (Å²) in [4.78, 5) is 20.7. The van der Waals surface area contributed by atoms with Gasteiger partial charge in [0.25, 0.3) is 0 Å². The summed E-state index contributed by atoms with van der Waals surface area (Å²) in [6.07, 6.45) is 5.44. The van der Waals surface area contributed by atoms with E-state index in [2.05, 4.69) is 23.4 Å². The summed E-state index contributed by atoms with van der Waals surface area (Å²) in [6, 6.07) is 10.1. The Bertz CT molecular complexity index is 1020. The Kier molecular flexibility index (Phi) is 6.11. The molecule has 4 rings (SSSR count). The van der Waals surface area contributed by atoms with E-state index in [1.165, 1.54) is 10.4 Å². The second kappa shape index (κ2) is 8.93. The van der Waals surface area contributed by atoms with Crippen molar-refractivity contribution in [2.45, 2.75) is 39.3 Å². The average molecular weight is 425 g/mol. The molecule has 29 heavy (non-hydrogen) atoms. The van der Waals surface area contributed by atoms with Crippen molar-refractivity contribution in [3.63, 3.8) is 0 Å². The Balaban J connectivity index is 1.41. The molecule has 0 N–H and O–H groups in total. The number of rotatable bonds is 6. The van der Waals surface area contributed by atoms with Crippen molar-refractivity contribution in [1.29, 1.82) is 0 Å². The quantitative estimate of drug-likeness (QED) is 0.481. The van der Waals surface area contributed by atoms with Crippen molar-refractivity contribution >= 4 is 34.7 Å². The normalized spacial score (nSPS) is 16.2. The predicted octanol–water partition coefficient (Wildman–Crippen LogP) is 5.64. The lowest BCUT2D eigenvalue weighted by atomic mass is 9.97. The third kappa shape index (κ3) is 4.60. The van der Waals surface area contributed by atoms with Crippen molar-refractivity contribution < 1.29 is 9.53 Å². The molecule has 1 atom stereocenters. The van der Waals surface area contributed by atoms with Crippen molar-refractivity contribution in [3.05, 3.63) is 73.9 Å². The number of aromatic nitrogens is 1. The Morgan fingerprint density at radius 1 is 1.34 bits per heavy atom. The summed E-state index contributed by atoms with van der Waals surface area (Å²) in [5.41, 5.74) is 3.21. The van der Waals surface area contributed by atoms with Gasteiger partial charge in [-0.1, -0.05) is 19.1 Å². The van der Waals surface area contributed by atoms with Gasteiger partial charge in [0, 0.05) is 22.9 Å². The number of ether oxygens (including phenoxy) is 1. The molecule has 0 aliphatic carbocycles. The predicted molar refractivity (Wildman–Crippen MR) is 119 cm³/mol. The van der Waals surface area contributed by atoms with Crippen LogP contribution in [0.1, 0.15) is 46.1 Å². The first-order valence-corrected chi connectivity index (χ1v) is 11.6. The van der Waals surface area contributed by atoms with Crippen LogP contribution in [0.15, 0.2) is 47.2 Å². The van der Waals surface area contributed by atoms with E-state index in [-0.39, 0.29) is 11.9 Å². The standard InChI is InChI=1S/C23H24N2O2S2/c1-3-21-20-10-12-28-22(20)9-11-25(21)23(26)8-7-17-5-4-6-19(13-17)27-14-18-15-29-16(2)24-18/h4-8,10,12-13,15,21H,3,9,11,14H2,1-2H3/b8-7+. The second-order valence-electron chi connectivity index (χ2n) is 7.06. The van der Waals surface area contributed by atoms with Crippen LogP contribution in [0.25, 0.3) is 6.08 Å². The van der Waals surface area contributed by atoms with E-state index in [1.54, 1.807) is 28.7 Å². The number of thiazole rings is 1. The number of carbonyl (C=O) groups excluding carboxylic acids is 1. The largest absolute Gasteiger partial charge is 0.487 e. The van der Waals surface area contributed by atoms with E-state index >= 15 is 0 Å². The van der Waals surface area contributed by atoms with E-state index in [9.17, 15) is 4.79 Å². The summed E-state index contributed by atoms with van der Waals surface area (Å²) in [6.45, 7) is 5.37. The zero-order valence-corrected chi connectivity index (χ0v) is 18.3. The van der Waals surface area contributed by atoms with Crippen molar-refractivity contribution in [1.82, 2.24) is 9.88 Å². The summed E-state index contributed by atoms with van der Waals surface area (Å²) < 4.78 is 5.85. The highest BCUT2D eigenvalue weighted by atomic mass is 32.1. The van der Waals surface area contributed by atoms with Crippen LogP contribution in [-0.2, 0) is 17.8 Å². The van der Waals surface area contributed by atoms with E-state index in [1.807, 2.05) is 47.5 Å². The first kappa shape index (κ1) is 19.9. The molecule has 0 saturated carbocycles. The maximum atomic E-state index is 12.9. The molecule has 150 valence electrons. The van der Waals surface area contributed by atoms with Crippen LogP contribution in [0.4, 0.5) is 0 Å². The van der Waals surface area contributed by atoms with Crippen LogP contribution in [0.2, 0.25) is 0 Å². The molecular formula is C23H24N2O2S2. The Morgan fingerprint density at radius 3 is 3.03 bits per heavy atom. The summed E-state index contributed by atoms with van der Waals surface area (Å²) >= 11 is 3.42. The van der Waals surface area contributed by atoms with Crippen LogP contribution in [0.5, 0.6) is 5.75 Å². The molecule has 3 aromatic rings. The minimum Gasteiger partial charge on any atom is -0.487 e. The molecule has 2 aromatic heterocycles. The highest BCUT2D eigenvalue weighted by Crippen LogP contribution is 2.35. The lowest BCUT2D eigenvalue weighted by molar-refractivity contribution is -0.128. The van der Waals surface area contributed by atoms with Gasteiger partial charge < -0.3 is 9.64 Å². The van der Waals surface area contributed by atoms with E-state index in [4.69, 9.17) is 4.74 Å². The fourth-order valence-corrected chi connectivity index (χ4v) is 5.23. The summed E-state index contributed by atoms with van der Waals surface area (Å²) in [5, 5.41) is 5.19. The van der Waals surface area contributed by atoms with Crippen LogP contribution in [-0.4, -0.2) is 22.3 Å². The topological polar surface area (TPSA) is 42.4 Å². The number of fused-ring (bicyclic) bond motifs is 1. The van der Waals surface area contributed by atoms with Gasteiger partial charge in [0.2, 0.25) is 5.91 Å². The zero-order chi connectivity index (χ0) is 20.2. The molecule has 3 heterocycles. The van der Waals surface area contributed by atoms with E-state index in [0.29, 0.717) is 6.61 Å². The second-order valence-corrected chi connectivity index (χ2v) is 9.12. The number of thiophene rings is 1. The molecule has 0 spiro atoms. The molecule has 1 aromatic carbocycles. The van der Waals surface area contributed by atoms with Gasteiger partial charge in [0.15, 0.2) is 0 Å². The fourth-order valence-electron chi connectivity index (χ4n) is 3.70. The SMILES string of the molecule is CCC1c2ccsc2CCN1C(=O)/C=C/c1cccc(OCc2csc(C)n2)c1. The maximum Gasteiger partial charge on any atom is 0.247 e.